The van der Waals surface area contributed by atoms with Gasteiger partial charge in [-0.3, -0.25) is 9.59 Å². The van der Waals surface area contributed by atoms with Gasteiger partial charge in [0.1, 0.15) is 5.71 Å². The van der Waals surface area contributed by atoms with Crippen molar-refractivity contribution in [2.75, 3.05) is 38.2 Å². The molecule has 0 saturated carbocycles. The molecule has 0 N–H and O–H groups in total. The Morgan fingerprint density at radius 2 is 1.74 bits per heavy atom. The third kappa shape index (κ3) is 3.54. The van der Waals surface area contributed by atoms with Crippen molar-refractivity contribution >= 4 is 34.8 Å². The van der Waals surface area contributed by atoms with Crippen LogP contribution in [0, 0.1) is 0 Å². The van der Waals surface area contributed by atoms with Crippen molar-refractivity contribution in [3.63, 3.8) is 0 Å². The van der Waals surface area contributed by atoms with Crippen molar-refractivity contribution in [1.82, 2.24) is 9.80 Å². The third-order valence-electron chi connectivity index (χ3n) is 4.14. The molecule has 3 rings (SSSR count). The van der Waals surface area contributed by atoms with Gasteiger partial charge >= 0.3 is 0 Å². The standard InChI is InChI=1S/C16H19ClN4O2/c1-19-8-10-20(11-9-19)16(23)14-6-7-15(22)21(18-14)13-4-2-12(17)3-5-13/h2-5H,6-11H2,1H3. The van der Waals surface area contributed by atoms with Crippen LogP contribution in [0.5, 0.6) is 0 Å². The van der Waals surface area contributed by atoms with E-state index in [1.165, 1.54) is 5.01 Å². The number of hydrogen-bond donors (Lipinski definition) is 0. The second-order valence-electron chi connectivity index (χ2n) is 5.82. The van der Waals surface area contributed by atoms with E-state index in [2.05, 4.69) is 10.0 Å². The topological polar surface area (TPSA) is 56.2 Å². The number of piperazine rings is 1. The van der Waals surface area contributed by atoms with E-state index in [-0.39, 0.29) is 11.8 Å². The summed E-state index contributed by atoms with van der Waals surface area (Å²) in [5, 5.41) is 6.21. The lowest BCUT2D eigenvalue weighted by atomic mass is 10.1. The smallest absolute Gasteiger partial charge is 0.270 e. The molecule has 1 aromatic rings. The summed E-state index contributed by atoms with van der Waals surface area (Å²) in [6.07, 6.45) is 0.690. The number of halogens is 1. The number of hydrazone groups is 1. The number of carbonyl (C=O) groups excluding carboxylic acids is 2. The van der Waals surface area contributed by atoms with Crippen LogP contribution < -0.4 is 5.01 Å². The van der Waals surface area contributed by atoms with Gasteiger partial charge in [-0.25, -0.2) is 5.01 Å². The van der Waals surface area contributed by atoms with Crippen LogP contribution in [0.15, 0.2) is 29.4 Å². The van der Waals surface area contributed by atoms with Crippen LogP contribution in [0.2, 0.25) is 5.02 Å². The molecular weight excluding hydrogens is 316 g/mol. The SMILES string of the molecule is CN1CCN(C(=O)C2=NN(c3ccc(Cl)cc3)C(=O)CC2)CC1. The Kier molecular flexibility index (Phi) is 4.63. The summed E-state index contributed by atoms with van der Waals surface area (Å²) in [5.74, 6) is -0.174. The maximum Gasteiger partial charge on any atom is 0.270 e. The Morgan fingerprint density at radius 3 is 2.39 bits per heavy atom. The minimum Gasteiger partial charge on any atom is -0.335 e. The number of nitrogens with zero attached hydrogens (tertiary/aromatic N) is 4. The predicted molar refractivity (Wildman–Crippen MR) is 89.7 cm³/mol. The molecule has 0 atom stereocenters. The molecule has 6 nitrogen and oxygen atoms in total. The summed E-state index contributed by atoms with van der Waals surface area (Å²) in [6, 6.07) is 6.87. The maximum absolute atomic E-state index is 12.6. The summed E-state index contributed by atoms with van der Waals surface area (Å²) >= 11 is 5.88. The zero-order chi connectivity index (χ0) is 16.4. The monoisotopic (exact) mass is 334 g/mol. The highest BCUT2D eigenvalue weighted by Gasteiger charge is 2.29. The highest BCUT2D eigenvalue weighted by atomic mass is 35.5. The van der Waals surface area contributed by atoms with E-state index in [1.807, 2.05) is 11.9 Å². The van der Waals surface area contributed by atoms with E-state index in [0.29, 0.717) is 42.4 Å². The summed E-state index contributed by atoms with van der Waals surface area (Å²) < 4.78 is 0. The lowest BCUT2D eigenvalue weighted by Crippen LogP contribution is -2.50. The zero-order valence-corrected chi connectivity index (χ0v) is 13.8. The van der Waals surface area contributed by atoms with Gasteiger partial charge in [0.15, 0.2) is 0 Å². The Hall–Kier alpha value is -1.92. The molecule has 0 bridgehead atoms. The minimum atomic E-state index is -0.109. The molecule has 0 spiro atoms. The van der Waals surface area contributed by atoms with Crippen LogP contribution in [-0.2, 0) is 9.59 Å². The molecule has 7 heteroatoms. The van der Waals surface area contributed by atoms with Gasteiger partial charge in [0.05, 0.1) is 5.69 Å². The maximum atomic E-state index is 12.6. The molecule has 0 radical (unpaired) electrons. The molecule has 2 amide bonds. The number of hydrogen-bond acceptors (Lipinski definition) is 4. The number of anilines is 1. The average molecular weight is 335 g/mol. The van der Waals surface area contributed by atoms with Crippen molar-refractivity contribution in [3.8, 4) is 0 Å². The first-order valence-electron chi connectivity index (χ1n) is 7.68. The molecule has 0 aromatic heterocycles. The highest BCUT2D eigenvalue weighted by Crippen LogP contribution is 2.22. The van der Waals surface area contributed by atoms with Crippen LogP contribution in [-0.4, -0.2) is 60.6 Å². The van der Waals surface area contributed by atoms with Gasteiger partial charge in [0, 0.05) is 44.0 Å². The molecule has 0 unspecified atom stereocenters. The molecular formula is C16H19ClN4O2. The predicted octanol–water partition coefficient (Wildman–Crippen LogP) is 1.60. The number of amides is 2. The number of likely N-dealkylation sites (N-methyl/N-ethyl adjacent to an activating group) is 1. The van der Waals surface area contributed by atoms with Crippen LogP contribution in [0.1, 0.15) is 12.8 Å². The first kappa shape index (κ1) is 16.0. The molecule has 2 aliphatic heterocycles. The molecule has 122 valence electrons. The summed E-state index contributed by atoms with van der Waals surface area (Å²) in [4.78, 5) is 28.7. The second kappa shape index (κ2) is 6.68. The summed E-state index contributed by atoms with van der Waals surface area (Å²) in [6.45, 7) is 3.12. The Balaban J connectivity index is 1.79. The van der Waals surface area contributed by atoms with Crippen LogP contribution in [0.3, 0.4) is 0 Å². The van der Waals surface area contributed by atoms with Gasteiger partial charge < -0.3 is 9.80 Å². The fraction of sp³-hybridized carbons (Fsp3) is 0.438. The Labute approximate surface area is 140 Å². The second-order valence-corrected chi connectivity index (χ2v) is 6.26. The first-order valence-corrected chi connectivity index (χ1v) is 8.06. The van der Waals surface area contributed by atoms with Crippen molar-refractivity contribution in [2.45, 2.75) is 12.8 Å². The average Bonchev–Trinajstić information content (AvgIpc) is 2.56. The van der Waals surface area contributed by atoms with E-state index in [4.69, 9.17) is 11.6 Å². The van der Waals surface area contributed by atoms with Gasteiger partial charge in [-0.2, -0.15) is 5.10 Å². The number of rotatable bonds is 2. The van der Waals surface area contributed by atoms with Crippen molar-refractivity contribution in [3.05, 3.63) is 29.3 Å². The lowest BCUT2D eigenvalue weighted by Gasteiger charge is -2.33. The molecule has 1 aromatic carbocycles. The third-order valence-corrected chi connectivity index (χ3v) is 4.39. The lowest BCUT2D eigenvalue weighted by molar-refractivity contribution is -0.125. The van der Waals surface area contributed by atoms with Crippen LogP contribution >= 0.6 is 11.6 Å². The normalized spacial score (nSPS) is 19.7. The first-order chi connectivity index (χ1) is 11.0. The van der Waals surface area contributed by atoms with E-state index < -0.39 is 0 Å². The molecule has 2 heterocycles. The summed E-state index contributed by atoms with van der Waals surface area (Å²) in [7, 11) is 2.04. The molecule has 1 saturated heterocycles. The largest absolute Gasteiger partial charge is 0.335 e. The minimum absolute atomic E-state index is 0.0652. The highest BCUT2D eigenvalue weighted by molar-refractivity contribution is 6.40. The molecule has 2 aliphatic rings. The fourth-order valence-corrected chi connectivity index (χ4v) is 2.81. The molecule has 0 aliphatic carbocycles. The molecule has 1 fully saturated rings. The van der Waals surface area contributed by atoms with Crippen molar-refractivity contribution < 1.29 is 9.59 Å². The van der Waals surface area contributed by atoms with Gasteiger partial charge in [0.25, 0.3) is 5.91 Å². The fourth-order valence-electron chi connectivity index (χ4n) is 2.68. The van der Waals surface area contributed by atoms with Crippen molar-refractivity contribution in [2.24, 2.45) is 5.10 Å². The number of benzene rings is 1. The van der Waals surface area contributed by atoms with Gasteiger partial charge in [-0.1, -0.05) is 11.6 Å². The van der Waals surface area contributed by atoms with E-state index in [0.717, 1.165) is 13.1 Å². The van der Waals surface area contributed by atoms with E-state index in [9.17, 15) is 9.59 Å². The number of carbonyl (C=O) groups is 2. The summed E-state index contributed by atoms with van der Waals surface area (Å²) in [5.41, 5.74) is 1.08. The van der Waals surface area contributed by atoms with Crippen LogP contribution in [0.25, 0.3) is 0 Å². The van der Waals surface area contributed by atoms with Crippen molar-refractivity contribution in [1.29, 1.82) is 0 Å². The van der Waals surface area contributed by atoms with E-state index >= 15 is 0 Å². The quantitative estimate of drug-likeness (QED) is 0.825. The van der Waals surface area contributed by atoms with Gasteiger partial charge in [-0.15, -0.1) is 0 Å². The Morgan fingerprint density at radius 1 is 1.09 bits per heavy atom. The Bertz CT molecular complexity index is 636. The zero-order valence-electron chi connectivity index (χ0n) is 13.0. The molecule has 23 heavy (non-hydrogen) atoms. The van der Waals surface area contributed by atoms with Gasteiger partial charge in [0.2, 0.25) is 5.91 Å². The van der Waals surface area contributed by atoms with Gasteiger partial charge in [-0.05, 0) is 31.3 Å². The van der Waals surface area contributed by atoms with Crippen LogP contribution in [0.4, 0.5) is 5.69 Å². The van der Waals surface area contributed by atoms with E-state index in [1.54, 1.807) is 24.3 Å².